The molecule has 2 atom stereocenters. The van der Waals surface area contributed by atoms with Crippen LogP contribution in [0.15, 0.2) is 16.9 Å². The van der Waals surface area contributed by atoms with Gasteiger partial charge in [-0.15, -0.1) is 0 Å². The fraction of sp³-hybridized carbons (Fsp3) is 0.400. The minimum Gasteiger partial charge on any atom is -0.377 e. The molecule has 0 bridgehead atoms. The van der Waals surface area contributed by atoms with Gasteiger partial charge in [-0.1, -0.05) is 6.92 Å². The minimum atomic E-state index is -1.66. The van der Waals surface area contributed by atoms with E-state index in [1.54, 1.807) is 24.5 Å². The zero-order chi connectivity index (χ0) is 22.5. The van der Waals surface area contributed by atoms with Crippen molar-refractivity contribution in [3.8, 4) is 11.4 Å². The highest BCUT2D eigenvalue weighted by molar-refractivity contribution is 5.94. The molecule has 7 heteroatoms. The van der Waals surface area contributed by atoms with Crippen molar-refractivity contribution in [3.05, 3.63) is 61.7 Å². The zero-order valence-electron chi connectivity index (χ0n) is 18.1. The number of ketones is 1. The summed E-state index contributed by atoms with van der Waals surface area (Å²) in [5, 5.41) is 12.1. The molecular weight excluding hydrogens is 409 g/mol. The molecule has 0 saturated heterocycles. The number of pyridine rings is 2. The number of rotatable bonds is 1. The first-order valence-electron chi connectivity index (χ1n) is 11.2. The maximum absolute atomic E-state index is 14.7. The summed E-state index contributed by atoms with van der Waals surface area (Å²) in [7, 11) is 0. The molecule has 32 heavy (non-hydrogen) atoms. The number of aromatic nitrogens is 2. The van der Waals surface area contributed by atoms with E-state index >= 15 is 0 Å². The Kier molecular flexibility index (Phi) is 3.91. The fourth-order valence-corrected chi connectivity index (χ4v) is 5.97. The van der Waals surface area contributed by atoms with E-state index in [4.69, 9.17) is 10.7 Å². The Morgan fingerprint density at radius 2 is 2.00 bits per heavy atom. The van der Waals surface area contributed by atoms with Crippen molar-refractivity contribution >= 4 is 16.7 Å². The topological polar surface area (TPSA) is 98.2 Å². The SMILES string of the molecule is CC[C@@]1(O)C(=O)CCc2c1cc1n(c2=O)Cc2c-1nc1cc(F)c(C)c3c1c2C(N)CC3. The average molecular weight is 433 g/mol. The Hall–Kier alpha value is -2.90. The first kappa shape index (κ1) is 19.8. The standard InChI is InChI=1S/C25H24FN3O3/c1-3-25(32)15-8-19-23-14(10-29(19)24(31)13(15)5-7-20(25)30)21-17(27)6-4-12-11(2)16(26)9-18(28-23)22(12)21/h8-9,17,32H,3-7,10,27H2,1-2H3/t17?,25-/m0/s1. The molecule has 0 radical (unpaired) electrons. The van der Waals surface area contributed by atoms with Crippen LogP contribution in [0.25, 0.3) is 22.3 Å². The summed E-state index contributed by atoms with van der Waals surface area (Å²) in [5.74, 6) is -0.561. The van der Waals surface area contributed by atoms with Gasteiger partial charge in [0.05, 0.1) is 23.4 Å². The van der Waals surface area contributed by atoms with Crippen LogP contribution in [0.4, 0.5) is 4.39 Å². The summed E-state index contributed by atoms with van der Waals surface area (Å²) in [6, 6.07) is 2.97. The van der Waals surface area contributed by atoms with Gasteiger partial charge in [-0.3, -0.25) is 9.59 Å². The summed E-state index contributed by atoms with van der Waals surface area (Å²) in [6.45, 7) is 3.87. The number of carbonyl (C=O) groups is 1. The van der Waals surface area contributed by atoms with Crippen LogP contribution in [0.5, 0.6) is 0 Å². The van der Waals surface area contributed by atoms with Gasteiger partial charge in [0.15, 0.2) is 5.78 Å². The van der Waals surface area contributed by atoms with Crippen molar-refractivity contribution in [3.63, 3.8) is 0 Å². The van der Waals surface area contributed by atoms with E-state index in [-0.39, 0.29) is 36.0 Å². The fourth-order valence-electron chi connectivity index (χ4n) is 5.97. The second-order valence-electron chi connectivity index (χ2n) is 9.30. The number of benzene rings is 1. The van der Waals surface area contributed by atoms with E-state index in [0.29, 0.717) is 59.4 Å². The highest BCUT2D eigenvalue weighted by Gasteiger charge is 2.43. The van der Waals surface area contributed by atoms with Crippen molar-refractivity contribution in [1.82, 2.24) is 9.55 Å². The number of halogens is 1. The number of hydrogen-bond acceptors (Lipinski definition) is 5. The third-order valence-electron chi connectivity index (χ3n) is 7.80. The summed E-state index contributed by atoms with van der Waals surface area (Å²) in [4.78, 5) is 30.8. The third-order valence-corrected chi connectivity index (χ3v) is 7.80. The number of aliphatic hydroxyl groups is 1. The Labute approximate surface area is 183 Å². The van der Waals surface area contributed by atoms with Gasteiger partial charge in [0.25, 0.3) is 5.56 Å². The van der Waals surface area contributed by atoms with Crippen molar-refractivity contribution in [2.24, 2.45) is 5.73 Å². The van der Waals surface area contributed by atoms with Crippen LogP contribution in [0, 0.1) is 12.7 Å². The first-order valence-corrected chi connectivity index (χ1v) is 11.2. The quantitative estimate of drug-likeness (QED) is 0.481. The largest absolute Gasteiger partial charge is 0.377 e. The van der Waals surface area contributed by atoms with Crippen molar-refractivity contribution in [2.75, 3.05) is 0 Å². The summed E-state index contributed by atoms with van der Waals surface area (Å²) < 4.78 is 16.3. The highest BCUT2D eigenvalue weighted by atomic mass is 19.1. The molecule has 164 valence electrons. The van der Waals surface area contributed by atoms with Crippen LogP contribution in [0.3, 0.4) is 0 Å². The predicted molar refractivity (Wildman–Crippen MR) is 118 cm³/mol. The number of carbonyl (C=O) groups excluding carboxylic acids is 1. The molecule has 3 heterocycles. The van der Waals surface area contributed by atoms with Crippen LogP contribution in [0.1, 0.15) is 65.6 Å². The summed E-state index contributed by atoms with van der Waals surface area (Å²) >= 11 is 0. The Bertz CT molecular complexity index is 1440. The Morgan fingerprint density at radius 3 is 2.75 bits per heavy atom. The van der Waals surface area contributed by atoms with Crippen LogP contribution in [-0.4, -0.2) is 20.4 Å². The molecule has 2 aromatic heterocycles. The maximum atomic E-state index is 14.7. The maximum Gasteiger partial charge on any atom is 0.254 e. The molecular formula is C25H24FN3O3. The molecule has 3 aliphatic rings. The molecule has 2 aliphatic carbocycles. The molecule has 0 spiro atoms. The van der Waals surface area contributed by atoms with E-state index in [1.807, 2.05) is 0 Å². The molecule has 1 unspecified atom stereocenters. The van der Waals surface area contributed by atoms with E-state index in [9.17, 15) is 19.1 Å². The van der Waals surface area contributed by atoms with Gasteiger partial charge in [-0.2, -0.15) is 0 Å². The first-order chi connectivity index (χ1) is 15.3. The predicted octanol–water partition coefficient (Wildman–Crippen LogP) is 2.93. The van der Waals surface area contributed by atoms with E-state index in [0.717, 1.165) is 22.1 Å². The molecule has 0 amide bonds. The lowest BCUT2D eigenvalue weighted by atomic mass is 9.77. The van der Waals surface area contributed by atoms with Crippen molar-refractivity contribution in [2.45, 2.75) is 64.1 Å². The number of aryl methyl sites for hydroxylation is 1. The average Bonchev–Trinajstić information content (AvgIpc) is 3.14. The second kappa shape index (κ2) is 6.33. The number of nitrogens with zero attached hydrogens (tertiary/aromatic N) is 2. The van der Waals surface area contributed by atoms with Crippen LogP contribution in [-0.2, 0) is 29.8 Å². The summed E-state index contributed by atoms with van der Waals surface area (Å²) in [5.41, 5.74) is 10.7. The zero-order valence-corrected chi connectivity index (χ0v) is 18.1. The van der Waals surface area contributed by atoms with Gasteiger partial charge in [-0.05, 0) is 55.4 Å². The Morgan fingerprint density at radius 1 is 1.22 bits per heavy atom. The molecule has 1 aliphatic heterocycles. The van der Waals surface area contributed by atoms with Crippen LogP contribution in [0.2, 0.25) is 0 Å². The third kappa shape index (κ3) is 2.27. The lowest BCUT2D eigenvalue weighted by Crippen LogP contribution is -2.43. The van der Waals surface area contributed by atoms with Gasteiger partial charge in [-0.25, -0.2) is 9.37 Å². The molecule has 0 saturated carbocycles. The normalized spacial score (nSPS) is 23.3. The minimum absolute atomic E-state index is 0.152. The van der Waals surface area contributed by atoms with Gasteiger partial charge < -0.3 is 15.4 Å². The Balaban J connectivity index is 1.70. The monoisotopic (exact) mass is 433 g/mol. The lowest BCUT2D eigenvalue weighted by molar-refractivity contribution is -0.140. The molecule has 1 aromatic carbocycles. The van der Waals surface area contributed by atoms with Crippen LogP contribution >= 0.6 is 0 Å². The number of Topliss-reactive ketones (excluding diaryl/α,β-unsaturated/α-hetero) is 1. The molecule has 6 nitrogen and oxygen atoms in total. The van der Waals surface area contributed by atoms with E-state index < -0.39 is 5.60 Å². The number of hydrogen-bond donors (Lipinski definition) is 2. The number of fused-ring (bicyclic) bond motifs is 5. The summed E-state index contributed by atoms with van der Waals surface area (Å²) in [6.07, 6.45) is 2.07. The smallest absolute Gasteiger partial charge is 0.254 e. The van der Waals surface area contributed by atoms with Crippen molar-refractivity contribution in [1.29, 1.82) is 0 Å². The van der Waals surface area contributed by atoms with Gasteiger partial charge in [0, 0.05) is 40.6 Å². The number of nitrogens with two attached hydrogens (primary N) is 1. The van der Waals surface area contributed by atoms with Gasteiger partial charge >= 0.3 is 0 Å². The molecule has 6 rings (SSSR count). The van der Waals surface area contributed by atoms with E-state index in [2.05, 4.69) is 0 Å². The van der Waals surface area contributed by atoms with Gasteiger partial charge in [0.1, 0.15) is 11.4 Å². The van der Waals surface area contributed by atoms with Gasteiger partial charge in [0.2, 0.25) is 0 Å². The van der Waals surface area contributed by atoms with Crippen molar-refractivity contribution < 1.29 is 14.3 Å². The second-order valence-corrected chi connectivity index (χ2v) is 9.30. The molecule has 3 N–H and O–H groups in total. The van der Waals surface area contributed by atoms with Crippen LogP contribution < -0.4 is 11.3 Å². The lowest BCUT2D eigenvalue weighted by Gasteiger charge is -2.32. The molecule has 0 fully saturated rings. The van der Waals surface area contributed by atoms with E-state index in [1.165, 1.54) is 6.07 Å². The molecule has 3 aromatic rings. The highest BCUT2D eigenvalue weighted by Crippen LogP contribution is 2.45.